The number of nitro benzene ring substituents is 1. The minimum Gasteiger partial charge on any atom is -0.421 e. The number of nitro groups is 1. The predicted octanol–water partition coefficient (Wildman–Crippen LogP) is 2.12. The van der Waals surface area contributed by atoms with Gasteiger partial charge in [0.05, 0.1) is 4.92 Å². The molecule has 13 heteroatoms. The van der Waals surface area contributed by atoms with Gasteiger partial charge in [0, 0.05) is 12.1 Å². The van der Waals surface area contributed by atoms with E-state index in [0.29, 0.717) is 0 Å². The third kappa shape index (κ3) is 4.67. The molecular weight excluding hydrogens is 405 g/mol. The second kappa shape index (κ2) is 8.25. The Morgan fingerprint density at radius 2 is 2.00 bits per heavy atom. The Balaban J connectivity index is 2.24. The lowest BCUT2D eigenvalue weighted by Crippen LogP contribution is -2.51. The number of nitrogens with zero attached hydrogens (tertiary/aromatic N) is 1. The van der Waals surface area contributed by atoms with E-state index >= 15 is 0 Å². The second-order valence-electron chi connectivity index (χ2n) is 4.99. The maximum absolute atomic E-state index is 13.0. The number of hydrogen-bond donors (Lipinski definition) is 2. The highest BCUT2D eigenvalue weighted by atomic mass is 32.2. The van der Waals surface area contributed by atoms with Gasteiger partial charge in [0.25, 0.3) is 15.7 Å². The number of non-ortho nitro benzene ring substituents is 1. The van der Waals surface area contributed by atoms with Gasteiger partial charge in [0.15, 0.2) is 0 Å². The van der Waals surface area contributed by atoms with Crippen LogP contribution >= 0.6 is 18.9 Å². The van der Waals surface area contributed by atoms with Crippen molar-refractivity contribution in [1.29, 1.82) is 0 Å². The number of hydrogen-bond acceptors (Lipinski definition) is 8. The minimum atomic E-state index is -4.04. The maximum Gasteiger partial charge on any atom is 0.444 e. The molecule has 1 heterocycles. The molecule has 0 bridgehead atoms. The first-order chi connectivity index (χ1) is 12.2. The molecule has 2 rings (SSSR count). The van der Waals surface area contributed by atoms with E-state index in [2.05, 4.69) is 10.6 Å². The highest BCUT2D eigenvalue weighted by molar-refractivity contribution is 7.91. The van der Waals surface area contributed by atoms with Crippen molar-refractivity contribution in [1.82, 2.24) is 4.72 Å². The zero-order chi connectivity index (χ0) is 19.4. The highest BCUT2D eigenvalue weighted by Crippen LogP contribution is 2.51. The van der Waals surface area contributed by atoms with Gasteiger partial charge in [-0.3, -0.25) is 10.1 Å². The fourth-order valence-electron chi connectivity index (χ4n) is 1.98. The molecule has 0 aliphatic rings. The van der Waals surface area contributed by atoms with Gasteiger partial charge >= 0.3 is 7.60 Å². The van der Waals surface area contributed by atoms with Gasteiger partial charge in [-0.2, -0.15) is 4.72 Å². The zero-order valence-electron chi connectivity index (χ0n) is 13.6. The molecule has 142 valence electrons. The summed E-state index contributed by atoms with van der Waals surface area (Å²) in [5.74, 6) is 1.96. The first-order valence-corrected chi connectivity index (χ1v) is 11.2. The second-order valence-corrected chi connectivity index (χ2v) is 10.0. The lowest BCUT2D eigenvalue weighted by molar-refractivity contribution is -0.640. The third-order valence-electron chi connectivity index (χ3n) is 3.28. The van der Waals surface area contributed by atoms with E-state index in [4.69, 9.17) is 9.15 Å². The number of thiophene rings is 1. The molecule has 1 aromatic heterocycles. The van der Waals surface area contributed by atoms with Crippen molar-refractivity contribution in [3.8, 4) is 5.75 Å². The van der Waals surface area contributed by atoms with Gasteiger partial charge in [-0.25, -0.2) is 18.9 Å². The summed E-state index contributed by atoms with van der Waals surface area (Å²) in [6, 6.07) is 7.80. The van der Waals surface area contributed by atoms with Crippen LogP contribution in [0.5, 0.6) is 5.75 Å². The molecule has 2 unspecified atom stereocenters. The topological polar surface area (TPSA) is 152 Å². The molecule has 0 radical (unpaired) electrons. The normalized spacial score (nSPS) is 15.2. The van der Waals surface area contributed by atoms with E-state index < -0.39 is 28.3 Å². The van der Waals surface area contributed by atoms with Crippen LogP contribution in [-0.2, 0) is 19.2 Å². The Morgan fingerprint density at radius 1 is 1.35 bits per heavy atom. The fraction of sp³-hybridized carbons (Fsp3) is 0.231. The Labute approximate surface area is 153 Å². The summed E-state index contributed by atoms with van der Waals surface area (Å²) < 4.78 is 50.2. The monoisotopic (exact) mass is 422 g/mol. The summed E-state index contributed by atoms with van der Waals surface area (Å²) in [5.41, 5.74) is -0.173. The van der Waals surface area contributed by atoms with Crippen molar-refractivity contribution in [2.45, 2.75) is 23.3 Å². The number of rotatable bonds is 9. The first-order valence-electron chi connectivity index (χ1n) is 7.25. The molecule has 0 saturated heterocycles. The standard InChI is InChI=1S/C13H17N3O7PS2/c1-2-12(15-26(20,21)13-4-3-9-25-13)24(19,23-14)22-11-7-5-10(6-8-11)16(17)18/h3-9,12,15H,2H2,1,14H3/q+1. The number of sulfonamides is 1. The van der Waals surface area contributed by atoms with Crippen molar-refractivity contribution in [2.24, 2.45) is 0 Å². The number of benzene rings is 1. The largest absolute Gasteiger partial charge is 0.444 e. The minimum absolute atomic E-state index is 0.0244. The van der Waals surface area contributed by atoms with E-state index in [0.717, 1.165) is 11.3 Å². The van der Waals surface area contributed by atoms with Crippen molar-refractivity contribution >= 4 is 34.6 Å². The Kier molecular flexibility index (Phi) is 6.50. The SMILES string of the molecule is CCC(NS(=O)(=O)c1cccs1)P(=O)(O[NH3+])Oc1ccc([N+](=O)[O-])cc1. The van der Waals surface area contributed by atoms with Crippen LogP contribution in [-0.4, -0.2) is 19.1 Å². The average Bonchev–Trinajstić information content (AvgIpc) is 3.15. The van der Waals surface area contributed by atoms with Crippen molar-refractivity contribution in [2.75, 3.05) is 0 Å². The van der Waals surface area contributed by atoms with Crippen LogP contribution in [0.15, 0.2) is 46.0 Å². The third-order valence-corrected chi connectivity index (χ3v) is 8.41. The lowest BCUT2D eigenvalue weighted by Gasteiger charge is -2.23. The van der Waals surface area contributed by atoms with E-state index in [1.165, 1.54) is 30.3 Å². The van der Waals surface area contributed by atoms with Gasteiger partial charge in [-0.1, -0.05) is 13.0 Å². The Hall–Kier alpha value is -1.82. The van der Waals surface area contributed by atoms with Gasteiger partial charge in [0.2, 0.25) is 0 Å². The molecule has 0 amide bonds. The molecule has 0 saturated carbocycles. The molecular formula is C13H17N3O7PS2+. The molecule has 1 aromatic carbocycles. The summed E-state index contributed by atoms with van der Waals surface area (Å²) in [6.07, 6.45) is 0.102. The summed E-state index contributed by atoms with van der Waals surface area (Å²) in [4.78, 5) is 10.1. The molecule has 0 aliphatic carbocycles. The molecule has 2 aromatic rings. The smallest absolute Gasteiger partial charge is 0.421 e. The maximum atomic E-state index is 13.0. The average molecular weight is 422 g/mol. The molecule has 0 aliphatic heterocycles. The van der Waals surface area contributed by atoms with Gasteiger partial charge in [-0.05, 0) is 30.0 Å². The van der Waals surface area contributed by atoms with Crippen LogP contribution in [0, 0.1) is 10.1 Å². The molecule has 0 fully saturated rings. The first kappa shape index (κ1) is 20.5. The van der Waals surface area contributed by atoms with Crippen LogP contribution in [0.3, 0.4) is 0 Å². The van der Waals surface area contributed by atoms with Crippen molar-refractivity contribution in [3.63, 3.8) is 0 Å². The summed E-state index contributed by atoms with van der Waals surface area (Å²) >= 11 is 1.01. The quantitative estimate of drug-likeness (QED) is 0.356. The molecule has 0 spiro atoms. The molecule has 2 atom stereocenters. The van der Waals surface area contributed by atoms with Crippen LogP contribution in [0.1, 0.15) is 13.3 Å². The zero-order valence-corrected chi connectivity index (χ0v) is 16.1. The van der Waals surface area contributed by atoms with Gasteiger partial charge in [0.1, 0.15) is 15.7 Å². The van der Waals surface area contributed by atoms with Crippen molar-refractivity contribution < 1.29 is 33.0 Å². The summed E-state index contributed by atoms with van der Waals surface area (Å²) in [6.45, 7) is 1.60. The van der Waals surface area contributed by atoms with Crippen LogP contribution in [0.4, 0.5) is 5.69 Å². The summed E-state index contributed by atoms with van der Waals surface area (Å²) in [5, 5.41) is 12.3. The molecule has 4 N–H and O–H groups in total. The fourth-order valence-corrected chi connectivity index (χ4v) is 6.30. The van der Waals surface area contributed by atoms with Gasteiger partial charge in [-0.15, -0.1) is 16.0 Å². The van der Waals surface area contributed by atoms with Crippen LogP contribution in [0.2, 0.25) is 0 Å². The van der Waals surface area contributed by atoms with E-state index in [9.17, 15) is 23.1 Å². The van der Waals surface area contributed by atoms with Crippen LogP contribution in [0.25, 0.3) is 0 Å². The molecule has 26 heavy (non-hydrogen) atoms. The molecule has 10 nitrogen and oxygen atoms in total. The Bertz CT molecular complexity index is 900. The predicted molar refractivity (Wildman–Crippen MR) is 94.0 cm³/mol. The Morgan fingerprint density at radius 3 is 2.46 bits per heavy atom. The van der Waals surface area contributed by atoms with E-state index in [1.807, 2.05) is 0 Å². The van der Waals surface area contributed by atoms with E-state index in [-0.39, 0.29) is 22.1 Å². The van der Waals surface area contributed by atoms with Gasteiger partial charge < -0.3 is 4.52 Å². The van der Waals surface area contributed by atoms with E-state index in [1.54, 1.807) is 18.4 Å². The summed E-state index contributed by atoms with van der Waals surface area (Å²) in [7, 11) is -7.95. The highest BCUT2D eigenvalue weighted by Gasteiger charge is 2.41. The van der Waals surface area contributed by atoms with Crippen LogP contribution < -0.4 is 15.1 Å². The number of quaternary nitrogens is 1. The lowest BCUT2D eigenvalue weighted by atomic mass is 10.3. The van der Waals surface area contributed by atoms with Crippen molar-refractivity contribution in [3.05, 3.63) is 51.9 Å². The number of nitrogens with one attached hydrogen (secondary N) is 1.